The second-order valence-corrected chi connectivity index (χ2v) is 5.70. The summed E-state index contributed by atoms with van der Waals surface area (Å²) in [5.74, 6) is 0.0667. The monoisotopic (exact) mass is 285 g/mol. The van der Waals surface area contributed by atoms with E-state index in [-0.39, 0.29) is 18.3 Å². The zero-order chi connectivity index (χ0) is 14.1. The molecule has 0 aromatic carbocycles. The number of nitrogens with zero attached hydrogens (tertiary/aromatic N) is 2. The summed E-state index contributed by atoms with van der Waals surface area (Å²) in [4.78, 5) is 3.76. The van der Waals surface area contributed by atoms with E-state index in [1.165, 1.54) is 4.57 Å². The molecule has 0 aliphatic rings. The lowest BCUT2D eigenvalue weighted by atomic mass is 10.2. The smallest absolute Gasteiger partial charge is 0.333 e. The summed E-state index contributed by atoms with van der Waals surface area (Å²) in [6.07, 6.45) is -4.32. The molecule has 5 nitrogen and oxygen atoms in total. The maximum absolute atomic E-state index is 12.1. The summed E-state index contributed by atoms with van der Waals surface area (Å²) in [6.45, 7) is 3.04. The van der Waals surface area contributed by atoms with E-state index in [0.29, 0.717) is 0 Å². The topological polar surface area (TPSA) is 78.0 Å². The van der Waals surface area contributed by atoms with Crippen molar-refractivity contribution in [2.75, 3.05) is 0 Å². The minimum atomic E-state index is -4.31. The molecule has 104 valence electrons. The van der Waals surface area contributed by atoms with E-state index in [9.17, 15) is 21.6 Å². The molecule has 0 saturated carbocycles. The Labute approximate surface area is 103 Å². The number of hydrogen-bond donors (Lipinski definition) is 1. The summed E-state index contributed by atoms with van der Waals surface area (Å²) < 4.78 is 59.8. The summed E-state index contributed by atoms with van der Waals surface area (Å²) in [5.41, 5.74) is 0. The average molecular weight is 285 g/mol. The lowest BCUT2D eigenvalue weighted by Gasteiger charge is -2.11. The van der Waals surface area contributed by atoms with Crippen molar-refractivity contribution >= 4 is 10.0 Å². The van der Waals surface area contributed by atoms with Gasteiger partial charge in [-0.2, -0.15) is 13.2 Å². The van der Waals surface area contributed by atoms with Crippen molar-refractivity contribution in [2.45, 2.75) is 43.9 Å². The van der Waals surface area contributed by atoms with Crippen LogP contribution in [0.15, 0.2) is 11.2 Å². The van der Waals surface area contributed by atoms with Crippen molar-refractivity contribution in [1.29, 1.82) is 0 Å². The van der Waals surface area contributed by atoms with Crippen molar-refractivity contribution in [3.05, 3.63) is 12.0 Å². The molecule has 0 amide bonds. The third-order valence-electron chi connectivity index (χ3n) is 2.23. The molecule has 9 heteroatoms. The van der Waals surface area contributed by atoms with Gasteiger partial charge in [-0.15, -0.1) is 0 Å². The van der Waals surface area contributed by atoms with E-state index in [4.69, 9.17) is 5.14 Å². The Hall–Kier alpha value is -1.09. The highest BCUT2D eigenvalue weighted by atomic mass is 32.2. The van der Waals surface area contributed by atoms with Gasteiger partial charge >= 0.3 is 6.18 Å². The molecule has 1 aromatic heterocycles. The van der Waals surface area contributed by atoms with Gasteiger partial charge in [-0.1, -0.05) is 13.8 Å². The molecule has 0 unspecified atom stereocenters. The predicted molar refractivity (Wildman–Crippen MR) is 58.4 cm³/mol. The van der Waals surface area contributed by atoms with Crippen LogP contribution in [-0.4, -0.2) is 24.1 Å². The largest absolute Gasteiger partial charge is 0.390 e. The number of halogens is 3. The quantitative estimate of drug-likeness (QED) is 0.912. The average Bonchev–Trinajstić information content (AvgIpc) is 2.56. The van der Waals surface area contributed by atoms with Gasteiger partial charge in [0, 0.05) is 18.7 Å². The van der Waals surface area contributed by atoms with Gasteiger partial charge in [0.1, 0.15) is 5.82 Å². The number of rotatable bonds is 4. The molecule has 0 aliphatic carbocycles. The number of imidazole rings is 1. The van der Waals surface area contributed by atoms with Gasteiger partial charge < -0.3 is 4.57 Å². The van der Waals surface area contributed by atoms with E-state index in [1.807, 2.05) is 0 Å². The van der Waals surface area contributed by atoms with Crippen LogP contribution in [0.2, 0.25) is 0 Å². The van der Waals surface area contributed by atoms with Crippen molar-refractivity contribution in [1.82, 2.24) is 9.55 Å². The summed E-state index contributed by atoms with van der Waals surface area (Å²) >= 11 is 0. The normalized spacial score (nSPS) is 13.3. The fourth-order valence-corrected chi connectivity index (χ4v) is 1.92. The summed E-state index contributed by atoms with van der Waals surface area (Å²) in [5, 5.41) is 4.49. The van der Waals surface area contributed by atoms with Crippen molar-refractivity contribution in [2.24, 2.45) is 5.14 Å². The second-order valence-electron chi connectivity index (χ2n) is 4.20. The molecular formula is C9H14F3N3O2S. The predicted octanol–water partition coefficient (Wildman–Crippen LogP) is 1.61. The van der Waals surface area contributed by atoms with Gasteiger partial charge in [0.25, 0.3) is 10.0 Å². The Kier molecular flexibility index (Phi) is 4.06. The first-order chi connectivity index (χ1) is 8.00. The van der Waals surface area contributed by atoms with Crippen LogP contribution in [0, 0.1) is 0 Å². The third-order valence-corrected chi connectivity index (χ3v) is 3.01. The van der Waals surface area contributed by atoms with Crippen molar-refractivity contribution < 1.29 is 21.6 Å². The first-order valence-electron chi connectivity index (χ1n) is 5.17. The fourth-order valence-electron chi connectivity index (χ4n) is 1.43. The molecule has 0 spiro atoms. The molecule has 0 radical (unpaired) electrons. The fraction of sp³-hybridized carbons (Fsp3) is 0.667. The van der Waals surface area contributed by atoms with Crippen LogP contribution in [0.1, 0.15) is 32.0 Å². The number of primary sulfonamides is 1. The third kappa shape index (κ3) is 3.98. The zero-order valence-corrected chi connectivity index (χ0v) is 10.7. The Balaban J connectivity index is 3.06. The van der Waals surface area contributed by atoms with Crippen LogP contribution in [-0.2, 0) is 16.6 Å². The molecule has 0 atom stereocenters. The first-order valence-corrected chi connectivity index (χ1v) is 6.72. The van der Waals surface area contributed by atoms with Crippen LogP contribution in [0.3, 0.4) is 0 Å². The summed E-state index contributed by atoms with van der Waals surface area (Å²) in [7, 11) is -4.00. The number of alkyl halides is 3. The number of aryl methyl sites for hydroxylation is 1. The number of aromatic nitrogens is 2. The Morgan fingerprint density at radius 1 is 1.44 bits per heavy atom. The van der Waals surface area contributed by atoms with Crippen LogP contribution in [0.25, 0.3) is 0 Å². The minimum absolute atomic E-state index is 0.200. The van der Waals surface area contributed by atoms with E-state index in [0.717, 1.165) is 6.20 Å². The lowest BCUT2D eigenvalue weighted by molar-refractivity contribution is -0.136. The lowest BCUT2D eigenvalue weighted by Crippen LogP contribution is -2.14. The molecule has 0 saturated heterocycles. The maximum atomic E-state index is 12.1. The van der Waals surface area contributed by atoms with Gasteiger partial charge in [-0.25, -0.2) is 18.5 Å². The highest BCUT2D eigenvalue weighted by Gasteiger charge is 2.28. The van der Waals surface area contributed by atoms with Crippen LogP contribution in [0.4, 0.5) is 13.2 Å². The van der Waals surface area contributed by atoms with Gasteiger partial charge in [-0.3, -0.25) is 0 Å². The molecule has 1 heterocycles. The van der Waals surface area contributed by atoms with Crippen molar-refractivity contribution in [3.63, 3.8) is 0 Å². The van der Waals surface area contributed by atoms with E-state index in [2.05, 4.69) is 4.98 Å². The van der Waals surface area contributed by atoms with Crippen molar-refractivity contribution in [3.8, 4) is 0 Å². The SMILES string of the molecule is CC(C)c1nc(S(N)(=O)=O)cn1CCC(F)(F)F. The standard InChI is InChI=1S/C9H14F3N3O2S/c1-6(2)8-14-7(18(13,16)17)5-15(8)4-3-9(10,11)12/h5-6H,3-4H2,1-2H3,(H2,13,16,17). The summed E-state index contributed by atoms with van der Waals surface area (Å²) in [6, 6.07) is 0. The van der Waals surface area contributed by atoms with Gasteiger partial charge in [-0.05, 0) is 0 Å². The van der Waals surface area contributed by atoms with E-state index >= 15 is 0 Å². The van der Waals surface area contributed by atoms with Crippen LogP contribution < -0.4 is 5.14 Å². The number of hydrogen-bond acceptors (Lipinski definition) is 3. The van der Waals surface area contributed by atoms with Gasteiger partial charge in [0.05, 0.1) is 6.42 Å². The second kappa shape index (κ2) is 4.88. The number of sulfonamides is 1. The molecule has 2 N–H and O–H groups in total. The first kappa shape index (κ1) is 15.0. The Bertz CT molecular complexity index is 520. The molecule has 1 rings (SSSR count). The van der Waals surface area contributed by atoms with Crippen LogP contribution >= 0.6 is 0 Å². The minimum Gasteiger partial charge on any atom is -0.333 e. The van der Waals surface area contributed by atoms with Gasteiger partial charge in [0.2, 0.25) is 0 Å². The highest BCUT2D eigenvalue weighted by Crippen LogP contribution is 2.23. The Morgan fingerprint density at radius 3 is 2.39 bits per heavy atom. The molecule has 18 heavy (non-hydrogen) atoms. The maximum Gasteiger partial charge on any atom is 0.390 e. The Morgan fingerprint density at radius 2 is 2.00 bits per heavy atom. The molecular weight excluding hydrogens is 271 g/mol. The van der Waals surface area contributed by atoms with Gasteiger partial charge in [0.15, 0.2) is 5.03 Å². The van der Waals surface area contributed by atoms with Crippen LogP contribution in [0.5, 0.6) is 0 Å². The van der Waals surface area contributed by atoms with E-state index < -0.39 is 27.6 Å². The molecule has 0 aliphatic heterocycles. The molecule has 0 fully saturated rings. The number of nitrogens with two attached hydrogens (primary N) is 1. The molecule has 0 bridgehead atoms. The van der Waals surface area contributed by atoms with E-state index in [1.54, 1.807) is 13.8 Å². The molecule has 1 aromatic rings. The zero-order valence-electron chi connectivity index (χ0n) is 9.90. The highest BCUT2D eigenvalue weighted by molar-refractivity contribution is 7.89.